The monoisotopic (exact) mass is 292 g/mol. The van der Waals surface area contributed by atoms with Crippen molar-refractivity contribution in [3.05, 3.63) is 36.4 Å². The third-order valence-electron chi connectivity index (χ3n) is 3.39. The zero-order valence-electron chi connectivity index (χ0n) is 12.2. The maximum Gasteiger partial charge on any atom is 0.208 e. The Labute approximate surface area is 123 Å². The first-order valence-corrected chi connectivity index (χ1v) is 9.24. The standard InChI is InChI=1S/C16H24O3Si/c1-3-14-8-5-6-9-16(14)20(19-4-2)11-7-10-17-12-15-13-18-15/h3,5-6,8-9,15,20H,1,4,7,10-13H2,2H3. The molecule has 2 atom stereocenters. The van der Waals surface area contributed by atoms with E-state index in [1.54, 1.807) is 0 Å². The van der Waals surface area contributed by atoms with Gasteiger partial charge in [-0.1, -0.05) is 36.9 Å². The molecule has 0 aliphatic carbocycles. The average Bonchev–Trinajstić information content (AvgIpc) is 3.30. The zero-order valence-corrected chi connectivity index (χ0v) is 13.4. The van der Waals surface area contributed by atoms with Crippen molar-refractivity contribution in [1.29, 1.82) is 0 Å². The van der Waals surface area contributed by atoms with E-state index in [0.717, 1.165) is 38.9 Å². The van der Waals surface area contributed by atoms with Gasteiger partial charge in [-0.2, -0.15) is 0 Å². The van der Waals surface area contributed by atoms with Crippen LogP contribution < -0.4 is 5.19 Å². The van der Waals surface area contributed by atoms with Crippen LogP contribution in [0.2, 0.25) is 6.04 Å². The van der Waals surface area contributed by atoms with Crippen LogP contribution in [0, 0.1) is 0 Å². The van der Waals surface area contributed by atoms with Crippen LogP contribution in [0.1, 0.15) is 18.9 Å². The maximum absolute atomic E-state index is 6.02. The van der Waals surface area contributed by atoms with Crippen molar-refractivity contribution in [3.8, 4) is 0 Å². The second-order valence-electron chi connectivity index (χ2n) is 4.95. The van der Waals surface area contributed by atoms with E-state index in [-0.39, 0.29) is 0 Å². The number of epoxide rings is 1. The van der Waals surface area contributed by atoms with Crippen LogP contribution >= 0.6 is 0 Å². The third-order valence-corrected chi connectivity index (χ3v) is 6.28. The van der Waals surface area contributed by atoms with Crippen LogP contribution in [-0.2, 0) is 13.9 Å². The van der Waals surface area contributed by atoms with Gasteiger partial charge >= 0.3 is 0 Å². The Bertz CT molecular complexity index is 418. The summed E-state index contributed by atoms with van der Waals surface area (Å²) in [5.74, 6) is 0. The molecule has 1 aliphatic heterocycles. The van der Waals surface area contributed by atoms with Crippen molar-refractivity contribution >= 4 is 20.3 Å². The molecule has 2 unspecified atom stereocenters. The molecule has 2 rings (SSSR count). The fraction of sp³-hybridized carbons (Fsp3) is 0.500. The minimum atomic E-state index is -1.38. The van der Waals surface area contributed by atoms with E-state index in [2.05, 4.69) is 37.8 Å². The van der Waals surface area contributed by atoms with Crippen LogP contribution in [0.3, 0.4) is 0 Å². The van der Waals surface area contributed by atoms with Crippen LogP contribution in [0.5, 0.6) is 0 Å². The highest BCUT2D eigenvalue weighted by atomic mass is 28.3. The Kier molecular flexibility index (Phi) is 6.46. The first kappa shape index (κ1) is 15.4. The van der Waals surface area contributed by atoms with E-state index in [1.165, 1.54) is 10.8 Å². The van der Waals surface area contributed by atoms with Crippen LogP contribution in [0.4, 0.5) is 0 Å². The quantitative estimate of drug-likeness (QED) is 0.376. The average molecular weight is 292 g/mol. The first-order chi connectivity index (χ1) is 9.85. The second-order valence-corrected chi connectivity index (χ2v) is 7.46. The summed E-state index contributed by atoms with van der Waals surface area (Å²) in [5.41, 5.74) is 1.21. The Morgan fingerprint density at radius 3 is 2.95 bits per heavy atom. The molecule has 0 spiro atoms. The molecule has 1 saturated heterocycles. The molecule has 4 heteroatoms. The Hall–Kier alpha value is -0.943. The molecule has 1 fully saturated rings. The molecule has 0 aromatic heterocycles. The molecule has 0 N–H and O–H groups in total. The van der Waals surface area contributed by atoms with E-state index in [0.29, 0.717) is 6.10 Å². The molecule has 1 heterocycles. The van der Waals surface area contributed by atoms with Crippen LogP contribution in [0.15, 0.2) is 30.8 Å². The molecular weight excluding hydrogens is 268 g/mol. The highest BCUT2D eigenvalue weighted by Crippen LogP contribution is 2.10. The topological polar surface area (TPSA) is 31.0 Å². The van der Waals surface area contributed by atoms with Gasteiger partial charge in [-0.15, -0.1) is 0 Å². The third kappa shape index (κ3) is 4.87. The Morgan fingerprint density at radius 1 is 1.45 bits per heavy atom. The van der Waals surface area contributed by atoms with Crippen molar-refractivity contribution in [2.75, 3.05) is 26.4 Å². The number of rotatable bonds is 10. The lowest BCUT2D eigenvalue weighted by Crippen LogP contribution is -2.35. The van der Waals surface area contributed by atoms with Crippen molar-refractivity contribution in [2.45, 2.75) is 25.5 Å². The van der Waals surface area contributed by atoms with Crippen molar-refractivity contribution in [1.82, 2.24) is 0 Å². The van der Waals surface area contributed by atoms with E-state index >= 15 is 0 Å². The molecule has 1 aromatic carbocycles. The van der Waals surface area contributed by atoms with Crippen molar-refractivity contribution in [2.24, 2.45) is 0 Å². The van der Waals surface area contributed by atoms with E-state index < -0.39 is 9.04 Å². The predicted octanol–water partition coefficient (Wildman–Crippen LogP) is 2.10. The summed E-state index contributed by atoms with van der Waals surface area (Å²) in [7, 11) is -1.38. The molecule has 0 bridgehead atoms. The van der Waals surface area contributed by atoms with Crippen molar-refractivity contribution in [3.63, 3.8) is 0 Å². The largest absolute Gasteiger partial charge is 0.416 e. The predicted molar refractivity (Wildman–Crippen MR) is 84.9 cm³/mol. The number of hydrogen-bond acceptors (Lipinski definition) is 3. The van der Waals surface area contributed by atoms with Gasteiger partial charge in [-0.05, 0) is 30.1 Å². The van der Waals surface area contributed by atoms with Crippen LogP contribution in [-0.4, -0.2) is 41.6 Å². The molecule has 0 radical (unpaired) electrons. The fourth-order valence-electron chi connectivity index (χ4n) is 2.27. The van der Waals surface area contributed by atoms with Gasteiger partial charge in [0, 0.05) is 13.2 Å². The molecule has 20 heavy (non-hydrogen) atoms. The van der Waals surface area contributed by atoms with Gasteiger partial charge in [0.05, 0.1) is 13.2 Å². The maximum atomic E-state index is 6.02. The molecule has 110 valence electrons. The van der Waals surface area contributed by atoms with Gasteiger partial charge in [-0.25, -0.2) is 0 Å². The van der Waals surface area contributed by atoms with Gasteiger partial charge in [0.25, 0.3) is 0 Å². The fourth-order valence-corrected chi connectivity index (χ4v) is 4.78. The minimum absolute atomic E-state index is 0.358. The molecular formula is C16H24O3Si. The van der Waals surface area contributed by atoms with Gasteiger partial charge in [-0.3, -0.25) is 0 Å². The second kappa shape index (κ2) is 8.37. The molecule has 3 nitrogen and oxygen atoms in total. The first-order valence-electron chi connectivity index (χ1n) is 7.37. The summed E-state index contributed by atoms with van der Waals surface area (Å²) in [4.78, 5) is 0. The van der Waals surface area contributed by atoms with Crippen LogP contribution in [0.25, 0.3) is 6.08 Å². The summed E-state index contributed by atoms with van der Waals surface area (Å²) in [5, 5.41) is 1.36. The highest BCUT2D eigenvalue weighted by molar-refractivity contribution is 6.68. The van der Waals surface area contributed by atoms with Gasteiger partial charge < -0.3 is 13.9 Å². The van der Waals surface area contributed by atoms with Gasteiger partial charge in [0.15, 0.2) is 0 Å². The molecule has 0 amide bonds. The van der Waals surface area contributed by atoms with E-state index in [4.69, 9.17) is 13.9 Å². The molecule has 1 aromatic rings. The molecule has 1 aliphatic rings. The SMILES string of the molecule is C=Cc1ccccc1[SiH](CCCOCC1CO1)OCC. The molecule has 0 saturated carbocycles. The lowest BCUT2D eigenvalue weighted by molar-refractivity contribution is 0.116. The van der Waals surface area contributed by atoms with Gasteiger partial charge in [0.1, 0.15) is 6.10 Å². The normalized spacial score (nSPS) is 18.8. The zero-order chi connectivity index (χ0) is 14.2. The lowest BCUT2D eigenvalue weighted by Gasteiger charge is -2.17. The van der Waals surface area contributed by atoms with E-state index in [1.807, 2.05) is 6.08 Å². The van der Waals surface area contributed by atoms with Gasteiger partial charge in [0.2, 0.25) is 9.04 Å². The smallest absolute Gasteiger partial charge is 0.208 e. The summed E-state index contributed by atoms with van der Waals surface area (Å²) >= 11 is 0. The number of benzene rings is 1. The summed E-state index contributed by atoms with van der Waals surface area (Å²) in [6.07, 6.45) is 3.33. The Balaban J connectivity index is 1.83. The summed E-state index contributed by atoms with van der Waals surface area (Å²) in [6.45, 7) is 9.14. The summed E-state index contributed by atoms with van der Waals surface area (Å²) in [6, 6.07) is 9.54. The lowest BCUT2D eigenvalue weighted by atomic mass is 10.2. The Morgan fingerprint density at radius 2 is 2.25 bits per heavy atom. The van der Waals surface area contributed by atoms with E-state index in [9.17, 15) is 0 Å². The highest BCUT2D eigenvalue weighted by Gasteiger charge is 2.22. The minimum Gasteiger partial charge on any atom is -0.416 e. The number of hydrogen-bond donors (Lipinski definition) is 0. The number of ether oxygens (including phenoxy) is 2. The van der Waals surface area contributed by atoms with Crippen molar-refractivity contribution < 1.29 is 13.9 Å². The summed E-state index contributed by atoms with van der Waals surface area (Å²) < 4.78 is 16.7.